The molecule has 3 heteroatoms. The molecule has 2 aromatic carbocycles. The first-order valence-electron chi connectivity index (χ1n) is 13.0. The standard InChI is InChI=1S/C27H29N2O/c1-15(2)11-21-13-22(29(7)19(6)18(21)5)24-16(3)12-17(4)25-26-20(14-28)9-8-10-23(26)30-27(24)25/h8-10,12-13,15H,11H2,1-7H3/q+1/i5D3,11D2,13D. The highest BCUT2D eigenvalue weighted by atomic mass is 16.3. The Morgan fingerprint density at radius 2 is 2.00 bits per heavy atom. The van der Waals surface area contributed by atoms with Gasteiger partial charge in [-0.3, -0.25) is 0 Å². The molecule has 0 saturated carbocycles. The Kier molecular flexibility index (Phi) is 3.40. The van der Waals surface area contributed by atoms with Crippen molar-refractivity contribution >= 4 is 21.9 Å². The zero-order valence-corrected chi connectivity index (χ0v) is 18.2. The topological polar surface area (TPSA) is 40.8 Å². The maximum Gasteiger partial charge on any atom is 0.216 e. The van der Waals surface area contributed by atoms with Crippen LogP contribution in [-0.2, 0) is 13.4 Å². The Morgan fingerprint density at radius 1 is 1.23 bits per heavy atom. The molecule has 0 spiro atoms. The SMILES string of the molecule is [2H]c1c(C([2H])([2H])C(C)C)c(C([2H])([2H])[2H])c(C)[n+](C)c1-c1c(C)cc(C)c2c1oc1cccc(C#N)c12. The Morgan fingerprint density at radius 3 is 2.67 bits per heavy atom. The predicted molar refractivity (Wildman–Crippen MR) is 123 cm³/mol. The van der Waals surface area contributed by atoms with Crippen LogP contribution in [0.15, 0.2) is 34.7 Å². The first-order valence-corrected chi connectivity index (χ1v) is 10.0. The highest BCUT2D eigenvalue weighted by Gasteiger charge is 2.26. The molecule has 4 aromatic rings. The van der Waals surface area contributed by atoms with Gasteiger partial charge in [0.05, 0.1) is 18.6 Å². The van der Waals surface area contributed by atoms with E-state index in [2.05, 4.69) is 6.07 Å². The molecular weight excluding hydrogens is 368 g/mol. The number of benzene rings is 2. The van der Waals surface area contributed by atoms with Crippen molar-refractivity contribution in [2.24, 2.45) is 13.0 Å². The van der Waals surface area contributed by atoms with E-state index in [0.717, 1.165) is 16.5 Å². The van der Waals surface area contributed by atoms with Crippen molar-refractivity contribution in [3.8, 4) is 17.3 Å². The van der Waals surface area contributed by atoms with E-state index in [1.807, 2.05) is 19.9 Å². The minimum atomic E-state index is -2.60. The molecule has 4 rings (SSSR count). The smallest absolute Gasteiger partial charge is 0.216 e. The number of furan rings is 1. The number of pyridine rings is 1. The summed E-state index contributed by atoms with van der Waals surface area (Å²) in [6.07, 6.45) is -2.06. The highest BCUT2D eigenvalue weighted by Crippen LogP contribution is 2.40. The predicted octanol–water partition coefficient (Wildman–Crippen LogP) is 6.38. The van der Waals surface area contributed by atoms with E-state index in [4.69, 9.17) is 11.3 Å². The van der Waals surface area contributed by atoms with E-state index in [9.17, 15) is 6.63 Å². The van der Waals surface area contributed by atoms with Gasteiger partial charge in [0.2, 0.25) is 5.69 Å². The van der Waals surface area contributed by atoms with E-state index < -0.39 is 19.1 Å². The number of nitrogens with zero attached hydrogens (tertiary/aromatic N) is 2. The minimum absolute atomic E-state index is 0.120. The normalized spacial score (nSPS) is 15.4. The lowest BCUT2D eigenvalue weighted by Crippen LogP contribution is -2.36. The largest absolute Gasteiger partial charge is 0.455 e. The summed E-state index contributed by atoms with van der Waals surface area (Å²) in [6.45, 7) is 6.24. The number of aryl methyl sites for hydroxylation is 2. The Bertz CT molecular complexity index is 1590. The second kappa shape index (κ2) is 7.29. The molecule has 0 saturated heterocycles. The molecule has 0 unspecified atom stereocenters. The zero-order chi connectivity index (χ0) is 26.9. The Hall–Kier alpha value is -3.12. The van der Waals surface area contributed by atoms with Crippen LogP contribution in [0, 0.1) is 44.9 Å². The molecule has 0 aliphatic carbocycles. The van der Waals surface area contributed by atoms with E-state index in [0.29, 0.717) is 39.1 Å². The van der Waals surface area contributed by atoms with Crippen LogP contribution < -0.4 is 4.57 Å². The molecule has 0 fully saturated rings. The monoisotopic (exact) mass is 403 g/mol. The summed E-state index contributed by atoms with van der Waals surface area (Å²) in [7, 11) is 1.70. The molecule has 30 heavy (non-hydrogen) atoms. The van der Waals surface area contributed by atoms with Crippen molar-refractivity contribution in [1.82, 2.24) is 0 Å². The summed E-state index contributed by atoms with van der Waals surface area (Å²) in [5.74, 6) is -0.564. The number of aromatic nitrogens is 1. The van der Waals surface area contributed by atoms with Gasteiger partial charge in [0.15, 0.2) is 5.69 Å². The summed E-state index contributed by atoms with van der Waals surface area (Å²) in [6, 6.07) is 9.30. The van der Waals surface area contributed by atoms with Gasteiger partial charge in [0.1, 0.15) is 18.2 Å². The van der Waals surface area contributed by atoms with E-state index in [-0.39, 0.29) is 17.2 Å². The van der Waals surface area contributed by atoms with Gasteiger partial charge >= 0.3 is 0 Å². The molecule has 0 aliphatic heterocycles. The van der Waals surface area contributed by atoms with Crippen LogP contribution in [0.2, 0.25) is 0 Å². The van der Waals surface area contributed by atoms with Crippen LogP contribution in [0.5, 0.6) is 0 Å². The maximum atomic E-state index is 9.73. The number of fused-ring (bicyclic) bond motifs is 3. The van der Waals surface area contributed by atoms with Crippen LogP contribution in [-0.4, -0.2) is 0 Å². The van der Waals surface area contributed by atoms with E-state index in [1.165, 1.54) is 0 Å². The van der Waals surface area contributed by atoms with E-state index in [1.54, 1.807) is 50.6 Å². The molecule has 0 radical (unpaired) electrons. The molecule has 2 aromatic heterocycles. The zero-order valence-electron chi connectivity index (χ0n) is 24.2. The third kappa shape index (κ3) is 2.99. The van der Waals surface area contributed by atoms with Gasteiger partial charge in [0.25, 0.3) is 0 Å². The summed E-state index contributed by atoms with van der Waals surface area (Å²) in [5, 5.41) is 11.2. The molecule has 2 heterocycles. The fourth-order valence-electron chi connectivity index (χ4n) is 4.14. The molecule has 3 nitrogen and oxygen atoms in total. The van der Waals surface area contributed by atoms with Crippen molar-refractivity contribution in [2.75, 3.05) is 0 Å². The highest BCUT2D eigenvalue weighted by molar-refractivity contribution is 6.13. The first kappa shape index (κ1) is 14.0. The van der Waals surface area contributed by atoms with Crippen molar-refractivity contribution in [3.05, 3.63) is 63.8 Å². The van der Waals surface area contributed by atoms with Crippen molar-refractivity contribution < 1.29 is 17.2 Å². The summed E-state index contributed by atoms with van der Waals surface area (Å²) >= 11 is 0. The Balaban J connectivity index is 2.28. The van der Waals surface area contributed by atoms with Crippen molar-refractivity contribution in [1.29, 1.82) is 5.26 Å². The van der Waals surface area contributed by atoms with Crippen LogP contribution >= 0.6 is 0 Å². The molecular formula is C27H29N2O+. The lowest BCUT2D eigenvalue weighted by molar-refractivity contribution is -0.667. The van der Waals surface area contributed by atoms with Crippen LogP contribution in [0.4, 0.5) is 0 Å². The third-order valence-electron chi connectivity index (χ3n) is 5.65. The number of hydrogen-bond donors (Lipinski definition) is 0. The maximum absolute atomic E-state index is 9.73. The Labute approximate surface area is 187 Å². The molecule has 0 bridgehead atoms. The van der Waals surface area contributed by atoms with Crippen LogP contribution in [0.1, 0.15) is 55.6 Å². The number of rotatable bonds is 3. The van der Waals surface area contributed by atoms with E-state index >= 15 is 0 Å². The second-order valence-corrected chi connectivity index (χ2v) is 8.15. The van der Waals surface area contributed by atoms with Gasteiger partial charge in [-0.05, 0) is 61.8 Å². The van der Waals surface area contributed by atoms with Crippen LogP contribution in [0.3, 0.4) is 0 Å². The fourth-order valence-corrected chi connectivity index (χ4v) is 4.14. The fraction of sp³-hybridized carbons (Fsp3) is 0.333. The van der Waals surface area contributed by atoms with Gasteiger partial charge in [-0.1, -0.05) is 26.0 Å². The van der Waals surface area contributed by atoms with Gasteiger partial charge in [-0.15, -0.1) is 0 Å². The third-order valence-corrected chi connectivity index (χ3v) is 5.65. The molecule has 152 valence electrons. The van der Waals surface area contributed by atoms with Crippen molar-refractivity contribution in [3.63, 3.8) is 0 Å². The molecule has 0 aliphatic rings. The van der Waals surface area contributed by atoms with Gasteiger partial charge in [-0.2, -0.15) is 9.83 Å². The summed E-state index contributed by atoms with van der Waals surface area (Å²) < 4.78 is 59.4. The summed E-state index contributed by atoms with van der Waals surface area (Å²) in [4.78, 5) is 0. The lowest BCUT2D eigenvalue weighted by Gasteiger charge is -2.14. The molecule has 0 amide bonds. The van der Waals surface area contributed by atoms with Gasteiger partial charge in [0, 0.05) is 36.2 Å². The number of nitriles is 1. The minimum Gasteiger partial charge on any atom is -0.455 e. The average Bonchev–Trinajstić information content (AvgIpc) is 3.16. The molecule has 0 atom stereocenters. The number of hydrogen-bond acceptors (Lipinski definition) is 2. The lowest BCUT2D eigenvalue weighted by atomic mass is 9.92. The molecule has 0 N–H and O–H groups in total. The van der Waals surface area contributed by atoms with Gasteiger partial charge in [-0.25, -0.2) is 0 Å². The second-order valence-electron chi connectivity index (χ2n) is 8.15. The van der Waals surface area contributed by atoms with Crippen molar-refractivity contribution in [2.45, 2.75) is 47.8 Å². The van der Waals surface area contributed by atoms with Crippen LogP contribution in [0.25, 0.3) is 33.2 Å². The average molecular weight is 404 g/mol. The quantitative estimate of drug-likeness (QED) is 0.372. The summed E-state index contributed by atoms with van der Waals surface area (Å²) in [5.41, 5.74) is 4.30. The first-order chi connectivity index (χ1) is 16.6. The van der Waals surface area contributed by atoms with Gasteiger partial charge < -0.3 is 4.42 Å².